The van der Waals surface area contributed by atoms with E-state index in [0.29, 0.717) is 0 Å². The fraction of sp³-hybridized carbons (Fsp3) is 0.303. The summed E-state index contributed by atoms with van der Waals surface area (Å²) in [5, 5.41) is 19.3. The minimum Gasteiger partial charge on any atom is -0.341 e. The number of imidazole rings is 2. The van der Waals surface area contributed by atoms with E-state index >= 15 is 0 Å². The van der Waals surface area contributed by atoms with Crippen molar-refractivity contribution in [2.45, 2.75) is 41.5 Å². The van der Waals surface area contributed by atoms with Crippen LogP contribution in [0.3, 0.4) is 0 Å². The van der Waals surface area contributed by atoms with Crippen LogP contribution in [0.2, 0.25) is 0 Å². The van der Waals surface area contributed by atoms with Gasteiger partial charge in [-0.05, 0) is 47.6 Å². The lowest BCUT2D eigenvalue weighted by atomic mass is 10.6. The molecule has 0 bridgehead atoms. The van der Waals surface area contributed by atoms with Crippen LogP contribution in [-0.4, -0.2) is 63.8 Å². The van der Waals surface area contributed by atoms with Crippen LogP contribution >= 0.6 is 45.3 Å². The van der Waals surface area contributed by atoms with E-state index < -0.39 is 0 Å². The highest BCUT2D eigenvalue weighted by molar-refractivity contribution is 7.10. The third-order valence-corrected chi connectivity index (χ3v) is 8.05. The summed E-state index contributed by atoms with van der Waals surface area (Å²) >= 11 is 6.66. The standard InChI is InChI=1S/C5H8N2.C5H7NS.2C4H6N2.3C4H5NS.C3H5N3/c1-5-3-7(2)4-6-5;1-4-3-7-5(2)6-4;1-6-3-2-5-4-6;1-6-4-2-3-5-6;1-4-2-6-3-5-4;1-4-2-5-3-6-4;1-4-5-2-3-6-4;1-6-3-2-4-5-6/h3-4H,1-2H3;3H,1-2H3;2*2-4H,1H3;4*2-3H,1H3. The van der Waals surface area contributed by atoms with Crippen molar-refractivity contribution in [2.24, 2.45) is 28.2 Å². The summed E-state index contributed by atoms with van der Waals surface area (Å²) < 4.78 is 7.20. The van der Waals surface area contributed by atoms with Gasteiger partial charge in [-0.25, -0.2) is 15.0 Å². The van der Waals surface area contributed by atoms with Crippen LogP contribution in [0.15, 0.2) is 102 Å². The largest absolute Gasteiger partial charge is 0.341 e. The molecule has 0 radical (unpaired) electrons. The first-order valence-corrected chi connectivity index (χ1v) is 18.6. The van der Waals surface area contributed by atoms with Crippen molar-refractivity contribution in [3.63, 3.8) is 0 Å². The van der Waals surface area contributed by atoms with E-state index in [1.165, 1.54) is 4.88 Å². The van der Waals surface area contributed by atoms with Gasteiger partial charge >= 0.3 is 0 Å². The Bertz CT molecular complexity index is 1470. The van der Waals surface area contributed by atoms with E-state index in [1.807, 2.05) is 132 Å². The average Bonchev–Trinajstić information content (AvgIpc) is 3.90. The Labute approximate surface area is 311 Å². The van der Waals surface area contributed by atoms with Crippen molar-refractivity contribution in [1.29, 1.82) is 0 Å². The molecule has 13 nitrogen and oxygen atoms in total. The topological polar surface area (TPSA) is 136 Å². The lowest BCUT2D eigenvalue weighted by Crippen LogP contribution is -1.85. The van der Waals surface area contributed by atoms with Crippen LogP contribution in [0.25, 0.3) is 0 Å². The van der Waals surface area contributed by atoms with Crippen molar-refractivity contribution in [3.05, 3.63) is 134 Å². The van der Waals surface area contributed by atoms with E-state index in [-0.39, 0.29) is 0 Å². The van der Waals surface area contributed by atoms with Crippen molar-refractivity contribution >= 4 is 45.3 Å². The van der Waals surface area contributed by atoms with Crippen molar-refractivity contribution in [2.75, 3.05) is 0 Å². The maximum absolute atomic E-state index is 4.13. The number of rotatable bonds is 0. The minimum absolute atomic E-state index is 1.07. The van der Waals surface area contributed by atoms with Gasteiger partial charge in [-0.1, -0.05) is 5.21 Å². The molecule has 8 aromatic heterocycles. The third-order valence-electron chi connectivity index (χ3n) is 5.05. The maximum atomic E-state index is 4.13. The second-order valence-corrected chi connectivity index (χ2v) is 13.9. The molecule has 268 valence electrons. The maximum Gasteiger partial charge on any atom is 0.0946 e. The summed E-state index contributed by atoms with van der Waals surface area (Å²) in [5.74, 6) is 0. The Morgan fingerprint density at radius 1 is 0.600 bits per heavy atom. The third kappa shape index (κ3) is 25.3. The molecule has 0 saturated carbocycles. The van der Waals surface area contributed by atoms with Gasteiger partial charge in [-0.2, -0.15) is 5.10 Å². The number of hydrogen-bond acceptors (Lipinski definition) is 13. The van der Waals surface area contributed by atoms with Crippen LogP contribution in [0.4, 0.5) is 0 Å². The monoisotopic (exact) mass is 753 g/mol. The normalized spacial score (nSPS) is 9.00. The van der Waals surface area contributed by atoms with Gasteiger partial charge in [0.1, 0.15) is 0 Å². The Kier molecular flexibility index (Phi) is 23.5. The first kappa shape index (κ1) is 43.3. The van der Waals surface area contributed by atoms with Gasteiger partial charge in [0.15, 0.2) is 0 Å². The first-order chi connectivity index (χ1) is 23.9. The van der Waals surface area contributed by atoms with E-state index in [9.17, 15) is 0 Å². The molecule has 0 aliphatic heterocycles. The zero-order chi connectivity index (χ0) is 37.0. The molecular formula is C33H47N13S4. The average molecular weight is 754 g/mol. The highest BCUT2D eigenvalue weighted by Crippen LogP contribution is 2.05. The van der Waals surface area contributed by atoms with Crippen molar-refractivity contribution < 1.29 is 0 Å². The summed E-state index contributed by atoms with van der Waals surface area (Å²) in [5.41, 5.74) is 6.97. The smallest absolute Gasteiger partial charge is 0.0946 e. The minimum atomic E-state index is 1.07. The molecule has 8 aromatic rings. The zero-order valence-electron chi connectivity index (χ0n) is 30.3. The number of thiazole rings is 4. The first-order valence-electron chi connectivity index (χ1n) is 15.0. The molecule has 0 saturated heterocycles. The van der Waals surface area contributed by atoms with Crippen LogP contribution < -0.4 is 0 Å². The molecule has 0 aliphatic carbocycles. The molecule has 8 heterocycles. The number of nitrogens with zero attached hydrogens (tertiary/aromatic N) is 13. The van der Waals surface area contributed by atoms with Gasteiger partial charge in [0.05, 0.1) is 45.6 Å². The Morgan fingerprint density at radius 3 is 1.56 bits per heavy atom. The fourth-order valence-corrected chi connectivity index (χ4v) is 4.79. The SMILES string of the molecule is Cc1cn(C)cn1.Cc1cncs1.Cc1csc(C)n1.Cc1cscn1.Cc1nccs1.Cn1cccn1.Cn1ccnc1.Cn1ccnn1. The lowest BCUT2D eigenvalue weighted by Gasteiger charge is -1.78. The molecule has 0 amide bonds. The molecule has 8 rings (SSSR count). The van der Waals surface area contributed by atoms with Gasteiger partial charge in [0.2, 0.25) is 0 Å². The van der Waals surface area contributed by atoms with Crippen LogP contribution in [0, 0.1) is 41.5 Å². The zero-order valence-corrected chi connectivity index (χ0v) is 33.5. The molecule has 0 atom stereocenters. The highest BCUT2D eigenvalue weighted by Gasteiger charge is 1.86. The number of hydrogen-bond donors (Lipinski definition) is 0. The van der Waals surface area contributed by atoms with Gasteiger partial charge in [0, 0.05) is 110 Å². The summed E-state index contributed by atoms with van der Waals surface area (Å²) in [6.07, 6.45) is 19.9. The lowest BCUT2D eigenvalue weighted by molar-refractivity contribution is 0.715. The summed E-state index contributed by atoms with van der Waals surface area (Å²) in [6, 6.07) is 1.89. The second kappa shape index (κ2) is 27.2. The molecule has 0 fully saturated rings. The van der Waals surface area contributed by atoms with Crippen molar-refractivity contribution in [3.8, 4) is 0 Å². The van der Waals surface area contributed by atoms with E-state index in [4.69, 9.17) is 0 Å². The second-order valence-electron chi connectivity index (χ2n) is 9.97. The molecule has 0 N–H and O–H groups in total. The van der Waals surface area contributed by atoms with E-state index in [2.05, 4.69) is 50.7 Å². The van der Waals surface area contributed by atoms with Gasteiger partial charge < -0.3 is 9.13 Å². The molecule has 0 aliphatic rings. The molecule has 50 heavy (non-hydrogen) atoms. The molecule has 0 aromatic carbocycles. The Balaban J connectivity index is 0.000000286. The Morgan fingerprint density at radius 2 is 1.40 bits per heavy atom. The quantitative estimate of drug-likeness (QED) is 0.154. The predicted octanol–water partition coefficient (Wildman–Crippen LogP) is 7.50. The summed E-state index contributed by atoms with van der Waals surface area (Å²) in [6.45, 7) is 12.0. The summed E-state index contributed by atoms with van der Waals surface area (Å²) in [4.78, 5) is 24.9. The Hall–Kier alpha value is -4.71. The van der Waals surface area contributed by atoms with Gasteiger partial charge in [-0.15, -0.1) is 50.4 Å². The molecule has 17 heteroatoms. The molecule has 0 spiro atoms. The van der Waals surface area contributed by atoms with Crippen LogP contribution in [0.1, 0.15) is 32.0 Å². The molecular weight excluding hydrogens is 707 g/mol. The summed E-state index contributed by atoms with van der Waals surface area (Å²) in [7, 11) is 7.61. The number of aromatic nitrogens is 13. The van der Waals surface area contributed by atoms with Gasteiger partial charge in [-0.3, -0.25) is 24.3 Å². The van der Waals surface area contributed by atoms with Crippen LogP contribution in [0.5, 0.6) is 0 Å². The fourth-order valence-electron chi connectivity index (χ4n) is 2.80. The number of aryl methyl sites for hydroxylation is 10. The van der Waals surface area contributed by atoms with E-state index in [0.717, 1.165) is 27.1 Å². The van der Waals surface area contributed by atoms with Crippen molar-refractivity contribution in [1.82, 2.24) is 63.8 Å². The molecule has 0 unspecified atom stereocenters. The predicted molar refractivity (Wildman–Crippen MR) is 208 cm³/mol. The highest BCUT2D eigenvalue weighted by atomic mass is 32.1. The van der Waals surface area contributed by atoms with Gasteiger partial charge in [0.25, 0.3) is 0 Å². The van der Waals surface area contributed by atoms with E-state index in [1.54, 1.807) is 98.3 Å². The van der Waals surface area contributed by atoms with Crippen LogP contribution in [-0.2, 0) is 28.2 Å².